The standard InChI is InChI=1S/C18H19N3O6/c1-11-4-7-13(14(9-11)21(25)26)20-17(23)16(22)19-10-18(24,12-5-6-12)15-3-2-8-27-15/h2-4,7-9,12,24H,5-6,10H2,1H3,(H,19,22)(H,20,23). The first-order valence-corrected chi connectivity index (χ1v) is 8.42. The van der Waals surface area contributed by atoms with Gasteiger partial charge in [0.1, 0.15) is 17.0 Å². The SMILES string of the molecule is Cc1ccc(NC(=O)C(=O)NCC(O)(c2ccco2)C2CC2)c([N+](=O)[O-])c1. The van der Waals surface area contributed by atoms with E-state index >= 15 is 0 Å². The van der Waals surface area contributed by atoms with Crippen LogP contribution in [0, 0.1) is 23.0 Å². The fourth-order valence-electron chi connectivity index (χ4n) is 2.89. The first kappa shape index (κ1) is 18.6. The van der Waals surface area contributed by atoms with E-state index in [0.29, 0.717) is 11.3 Å². The molecule has 0 saturated heterocycles. The average Bonchev–Trinajstić information content (AvgIpc) is 3.35. The van der Waals surface area contributed by atoms with Crippen LogP contribution in [0.15, 0.2) is 41.0 Å². The van der Waals surface area contributed by atoms with Gasteiger partial charge in [-0.2, -0.15) is 0 Å². The van der Waals surface area contributed by atoms with Crippen LogP contribution in [0.3, 0.4) is 0 Å². The molecular weight excluding hydrogens is 354 g/mol. The van der Waals surface area contributed by atoms with E-state index < -0.39 is 22.3 Å². The number of carbonyl (C=O) groups is 2. The third kappa shape index (κ3) is 3.98. The molecule has 1 aromatic heterocycles. The monoisotopic (exact) mass is 373 g/mol. The summed E-state index contributed by atoms with van der Waals surface area (Å²) in [5.74, 6) is -1.81. The molecule has 27 heavy (non-hydrogen) atoms. The number of amides is 2. The Morgan fingerprint density at radius 3 is 2.67 bits per heavy atom. The number of aliphatic hydroxyl groups is 1. The molecule has 1 fully saturated rings. The van der Waals surface area contributed by atoms with Crippen molar-refractivity contribution in [2.24, 2.45) is 5.92 Å². The van der Waals surface area contributed by atoms with Crippen LogP contribution in [-0.4, -0.2) is 28.4 Å². The number of nitrogens with zero attached hydrogens (tertiary/aromatic N) is 1. The Balaban J connectivity index is 1.66. The molecule has 1 atom stereocenters. The van der Waals surface area contributed by atoms with E-state index in [9.17, 15) is 24.8 Å². The molecule has 3 rings (SSSR count). The number of hydrogen-bond donors (Lipinski definition) is 3. The zero-order valence-corrected chi connectivity index (χ0v) is 14.6. The number of nitro benzene ring substituents is 1. The van der Waals surface area contributed by atoms with Crippen molar-refractivity contribution in [1.29, 1.82) is 0 Å². The van der Waals surface area contributed by atoms with Crippen LogP contribution >= 0.6 is 0 Å². The largest absolute Gasteiger partial charge is 0.466 e. The molecule has 2 aromatic rings. The van der Waals surface area contributed by atoms with E-state index in [2.05, 4.69) is 10.6 Å². The number of nitrogens with one attached hydrogen (secondary N) is 2. The van der Waals surface area contributed by atoms with Gasteiger partial charge in [0.25, 0.3) is 5.69 Å². The predicted molar refractivity (Wildman–Crippen MR) is 94.8 cm³/mol. The number of furan rings is 1. The van der Waals surface area contributed by atoms with Crippen molar-refractivity contribution in [3.05, 3.63) is 58.0 Å². The molecule has 9 heteroatoms. The quantitative estimate of drug-likeness (QED) is 0.402. The van der Waals surface area contributed by atoms with Crippen molar-refractivity contribution in [2.45, 2.75) is 25.4 Å². The highest BCUT2D eigenvalue weighted by molar-refractivity contribution is 6.39. The first-order chi connectivity index (χ1) is 12.8. The van der Waals surface area contributed by atoms with Crippen molar-refractivity contribution in [2.75, 3.05) is 11.9 Å². The van der Waals surface area contributed by atoms with Crippen LogP contribution < -0.4 is 10.6 Å². The number of anilines is 1. The molecule has 1 heterocycles. The molecule has 1 aliphatic rings. The van der Waals surface area contributed by atoms with Crippen LogP contribution in [0.1, 0.15) is 24.2 Å². The summed E-state index contributed by atoms with van der Waals surface area (Å²) in [6, 6.07) is 7.50. The Kier molecular flexibility index (Phi) is 4.95. The number of hydrogen-bond acceptors (Lipinski definition) is 6. The molecule has 0 spiro atoms. The third-order valence-electron chi connectivity index (χ3n) is 4.52. The minimum absolute atomic E-state index is 0.0646. The van der Waals surface area contributed by atoms with Gasteiger partial charge in [-0.25, -0.2) is 0 Å². The van der Waals surface area contributed by atoms with Crippen LogP contribution in [-0.2, 0) is 15.2 Å². The molecule has 2 amide bonds. The third-order valence-corrected chi connectivity index (χ3v) is 4.52. The Labute approximate surface area is 154 Å². The van der Waals surface area contributed by atoms with Gasteiger partial charge in [0, 0.05) is 6.07 Å². The van der Waals surface area contributed by atoms with Gasteiger partial charge >= 0.3 is 11.8 Å². The van der Waals surface area contributed by atoms with Crippen molar-refractivity contribution < 1.29 is 24.0 Å². The Hall–Kier alpha value is -3.20. The fourth-order valence-corrected chi connectivity index (χ4v) is 2.89. The Morgan fingerprint density at radius 1 is 1.33 bits per heavy atom. The molecular formula is C18H19N3O6. The lowest BCUT2D eigenvalue weighted by Gasteiger charge is -2.26. The summed E-state index contributed by atoms with van der Waals surface area (Å²) in [5, 5.41) is 26.6. The molecule has 0 bridgehead atoms. The van der Waals surface area contributed by atoms with Crippen LogP contribution in [0.2, 0.25) is 0 Å². The number of benzene rings is 1. The van der Waals surface area contributed by atoms with E-state index in [-0.39, 0.29) is 23.8 Å². The maximum atomic E-state index is 12.1. The van der Waals surface area contributed by atoms with Gasteiger partial charge in [-0.05, 0) is 49.4 Å². The summed E-state index contributed by atoms with van der Waals surface area (Å²) < 4.78 is 5.26. The summed E-state index contributed by atoms with van der Waals surface area (Å²) in [5.41, 5.74) is -1.12. The van der Waals surface area contributed by atoms with Gasteiger partial charge in [0.05, 0.1) is 17.7 Å². The lowest BCUT2D eigenvalue weighted by Crippen LogP contribution is -2.45. The summed E-state index contributed by atoms with van der Waals surface area (Å²) >= 11 is 0. The normalized spacial score (nSPS) is 15.6. The summed E-state index contributed by atoms with van der Waals surface area (Å²) in [6.07, 6.45) is 3.00. The smallest absolute Gasteiger partial charge is 0.313 e. The maximum Gasteiger partial charge on any atom is 0.313 e. The topological polar surface area (TPSA) is 135 Å². The Morgan fingerprint density at radius 2 is 2.07 bits per heavy atom. The summed E-state index contributed by atoms with van der Waals surface area (Å²) in [6.45, 7) is 1.48. The first-order valence-electron chi connectivity index (χ1n) is 8.42. The van der Waals surface area contributed by atoms with Gasteiger partial charge in [0.2, 0.25) is 0 Å². The highest BCUT2D eigenvalue weighted by Gasteiger charge is 2.47. The zero-order valence-electron chi connectivity index (χ0n) is 14.6. The number of rotatable bonds is 6. The van der Waals surface area contributed by atoms with Gasteiger partial charge < -0.3 is 20.2 Å². The zero-order chi connectivity index (χ0) is 19.6. The van der Waals surface area contributed by atoms with Crippen LogP contribution in [0.25, 0.3) is 0 Å². The van der Waals surface area contributed by atoms with Gasteiger partial charge in [-0.15, -0.1) is 0 Å². The van der Waals surface area contributed by atoms with Crippen LogP contribution in [0.5, 0.6) is 0 Å². The molecule has 0 radical (unpaired) electrons. The van der Waals surface area contributed by atoms with E-state index in [0.717, 1.165) is 12.8 Å². The van der Waals surface area contributed by atoms with Crippen molar-refractivity contribution in [3.63, 3.8) is 0 Å². The van der Waals surface area contributed by atoms with Gasteiger partial charge in [-0.3, -0.25) is 19.7 Å². The molecule has 1 aromatic carbocycles. The summed E-state index contributed by atoms with van der Waals surface area (Å²) in [7, 11) is 0. The molecule has 1 aliphatic carbocycles. The lowest BCUT2D eigenvalue weighted by atomic mass is 9.94. The molecule has 1 unspecified atom stereocenters. The molecule has 9 nitrogen and oxygen atoms in total. The van der Waals surface area contributed by atoms with E-state index in [1.165, 1.54) is 18.4 Å². The average molecular weight is 373 g/mol. The van der Waals surface area contributed by atoms with E-state index in [1.807, 2.05) is 0 Å². The maximum absolute atomic E-state index is 12.1. The van der Waals surface area contributed by atoms with Crippen LogP contribution in [0.4, 0.5) is 11.4 Å². The van der Waals surface area contributed by atoms with Crippen molar-refractivity contribution >= 4 is 23.2 Å². The predicted octanol–water partition coefficient (Wildman–Crippen LogP) is 1.85. The Bertz CT molecular complexity index is 875. The fraction of sp³-hybridized carbons (Fsp3) is 0.333. The highest BCUT2D eigenvalue weighted by Crippen LogP contribution is 2.45. The number of aryl methyl sites for hydroxylation is 1. The summed E-state index contributed by atoms with van der Waals surface area (Å²) in [4.78, 5) is 34.7. The van der Waals surface area contributed by atoms with E-state index in [1.54, 1.807) is 25.1 Å². The lowest BCUT2D eigenvalue weighted by molar-refractivity contribution is -0.384. The molecule has 0 aliphatic heterocycles. The minimum atomic E-state index is -1.39. The second-order valence-electron chi connectivity index (χ2n) is 6.59. The number of nitro groups is 1. The van der Waals surface area contributed by atoms with Crippen molar-refractivity contribution in [1.82, 2.24) is 5.32 Å². The second-order valence-corrected chi connectivity index (χ2v) is 6.59. The van der Waals surface area contributed by atoms with E-state index in [4.69, 9.17) is 4.42 Å². The highest BCUT2D eigenvalue weighted by atomic mass is 16.6. The molecule has 3 N–H and O–H groups in total. The number of carbonyl (C=O) groups excluding carboxylic acids is 2. The van der Waals surface area contributed by atoms with Crippen molar-refractivity contribution in [3.8, 4) is 0 Å². The molecule has 1 saturated carbocycles. The van der Waals surface area contributed by atoms with Gasteiger partial charge in [-0.1, -0.05) is 6.07 Å². The minimum Gasteiger partial charge on any atom is -0.466 e. The second kappa shape index (κ2) is 7.20. The molecule has 142 valence electrons. The van der Waals surface area contributed by atoms with Gasteiger partial charge in [0.15, 0.2) is 0 Å².